The van der Waals surface area contributed by atoms with Gasteiger partial charge in [0.2, 0.25) is 0 Å². The van der Waals surface area contributed by atoms with Gasteiger partial charge in [-0.05, 0) is 39.0 Å². The number of ether oxygens (including phenoxy) is 1. The molecule has 0 atom stereocenters. The monoisotopic (exact) mass is 312 g/mol. The number of hydrogen-bond acceptors (Lipinski definition) is 3. The lowest BCUT2D eigenvalue weighted by molar-refractivity contribution is -0.137. The highest BCUT2D eigenvalue weighted by molar-refractivity contribution is 5.92. The molecule has 0 aliphatic heterocycles. The second-order valence-electron chi connectivity index (χ2n) is 4.73. The van der Waals surface area contributed by atoms with E-state index in [1.807, 2.05) is 0 Å². The maximum absolute atomic E-state index is 12.8. The van der Waals surface area contributed by atoms with Gasteiger partial charge >= 0.3 is 12.1 Å². The summed E-state index contributed by atoms with van der Waals surface area (Å²) in [5.74, 6) is -0.532. The molecule has 2 aromatic rings. The number of carbonyl (C=O) groups excluding carboxylic acids is 1. The summed E-state index contributed by atoms with van der Waals surface area (Å²) in [5.41, 5.74) is 0.601. The minimum atomic E-state index is -4.43. The molecule has 4 nitrogen and oxygen atoms in total. The molecule has 0 bridgehead atoms. The fraction of sp³-hybridized carbons (Fsp3) is 0.333. The predicted octanol–water partition coefficient (Wildman–Crippen LogP) is 3.68. The van der Waals surface area contributed by atoms with E-state index in [0.717, 1.165) is 12.1 Å². The quantitative estimate of drug-likeness (QED) is 0.812. The number of nitrogens with zero attached hydrogens (tertiary/aromatic N) is 2. The Bertz CT molecular complexity index is 705. The first-order valence-electron chi connectivity index (χ1n) is 6.66. The normalized spacial score (nSPS) is 11.5. The fourth-order valence-electron chi connectivity index (χ4n) is 2.21. The van der Waals surface area contributed by atoms with E-state index in [1.165, 1.54) is 16.8 Å². The molecule has 0 saturated carbocycles. The van der Waals surface area contributed by atoms with Crippen LogP contribution in [0.5, 0.6) is 0 Å². The van der Waals surface area contributed by atoms with Gasteiger partial charge in [-0.1, -0.05) is 6.07 Å². The molecule has 2 rings (SSSR count). The number of esters is 1. The van der Waals surface area contributed by atoms with E-state index in [9.17, 15) is 18.0 Å². The molecule has 1 aromatic carbocycles. The number of alkyl halides is 3. The third kappa shape index (κ3) is 2.98. The Morgan fingerprint density at radius 1 is 1.32 bits per heavy atom. The van der Waals surface area contributed by atoms with Crippen molar-refractivity contribution in [2.45, 2.75) is 26.9 Å². The zero-order chi connectivity index (χ0) is 16.5. The van der Waals surface area contributed by atoms with Crippen LogP contribution in [0.25, 0.3) is 5.69 Å². The number of halogens is 3. The Labute approximate surface area is 125 Å². The molecule has 7 heteroatoms. The van der Waals surface area contributed by atoms with Crippen LogP contribution in [0, 0.1) is 13.8 Å². The first-order chi connectivity index (χ1) is 10.3. The third-order valence-corrected chi connectivity index (χ3v) is 3.19. The Kier molecular flexibility index (Phi) is 4.25. The van der Waals surface area contributed by atoms with Crippen molar-refractivity contribution in [3.05, 3.63) is 46.8 Å². The molecular formula is C15H15F3N2O2. The van der Waals surface area contributed by atoms with Crippen molar-refractivity contribution < 1.29 is 22.7 Å². The molecule has 0 amide bonds. The van der Waals surface area contributed by atoms with E-state index < -0.39 is 17.7 Å². The van der Waals surface area contributed by atoms with Crippen LogP contribution in [-0.4, -0.2) is 22.4 Å². The highest BCUT2D eigenvalue weighted by atomic mass is 19.4. The molecule has 0 unspecified atom stereocenters. The minimum absolute atomic E-state index is 0.215. The van der Waals surface area contributed by atoms with Crippen LogP contribution in [0.1, 0.15) is 34.2 Å². The molecule has 1 aromatic heterocycles. The number of benzene rings is 1. The molecule has 0 fully saturated rings. The maximum Gasteiger partial charge on any atom is 0.416 e. The van der Waals surface area contributed by atoms with Gasteiger partial charge in [-0.3, -0.25) is 0 Å². The average molecular weight is 312 g/mol. The van der Waals surface area contributed by atoms with Crippen LogP contribution in [0.2, 0.25) is 0 Å². The van der Waals surface area contributed by atoms with Gasteiger partial charge in [0.25, 0.3) is 0 Å². The number of carbonyl (C=O) groups is 1. The van der Waals surface area contributed by atoms with Crippen molar-refractivity contribution in [2.24, 2.45) is 0 Å². The second kappa shape index (κ2) is 5.82. The van der Waals surface area contributed by atoms with Crippen molar-refractivity contribution in [2.75, 3.05) is 6.61 Å². The first kappa shape index (κ1) is 16.1. The van der Waals surface area contributed by atoms with Crippen molar-refractivity contribution in [1.29, 1.82) is 0 Å². The largest absolute Gasteiger partial charge is 0.462 e. The van der Waals surface area contributed by atoms with E-state index >= 15 is 0 Å². The van der Waals surface area contributed by atoms with E-state index in [2.05, 4.69) is 5.10 Å². The van der Waals surface area contributed by atoms with E-state index in [1.54, 1.807) is 20.8 Å². The summed E-state index contributed by atoms with van der Waals surface area (Å²) < 4.78 is 44.6. The molecule has 118 valence electrons. The van der Waals surface area contributed by atoms with Gasteiger partial charge in [-0.2, -0.15) is 18.3 Å². The summed E-state index contributed by atoms with van der Waals surface area (Å²) in [6, 6.07) is 4.79. The smallest absolute Gasteiger partial charge is 0.416 e. The van der Waals surface area contributed by atoms with Gasteiger partial charge in [-0.15, -0.1) is 0 Å². The lowest BCUT2D eigenvalue weighted by Gasteiger charge is -2.10. The van der Waals surface area contributed by atoms with Crippen LogP contribution in [-0.2, 0) is 10.9 Å². The molecule has 0 spiro atoms. The standard InChI is InChI=1S/C15H15F3N2O2/c1-4-22-14(21)13-9(2)19-20(10(13)3)12-7-5-6-11(8-12)15(16,17)18/h5-8H,4H2,1-3H3. The van der Waals surface area contributed by atoms with Crippen molar-refractivity contribution >= 4 is 5.97 Å². The van der Waals surface area contributed by atoms with Crippen molar-refractivity contribution in [3.8, 4) is 5.69 Å². The molecule has 22 heavy (non-hydrogen) atoms. The first-order valence-corrected chi connectivity index (χ1v) is 6.66. The summed E-state index contributed by atoms with van der Waals surface area (Å²) in [4.78, 5) is 11.9. The van der Waals surface area contributed by atoms with E-state index in [4.69, 9.17) is 4.74 Å². The summed E-state index contributed by atoms with van der Waals surface area (Å²) in [6.07, 6.45) is -4.43. The summed E-state index contributed by atoms with van der Waals surface area (Å²) in [5, 5.41) is 4.16. The zero-order valence-corrected chi connectivity index (χ0v) is 12.4. The zero-order valence-electron chi connectivity index (χ0n) is 12.4. The minimum Gasteiger partial charge on any atom is -0.462 e. The van der Waals surface area contributed by atoms with Crippen LogP contribution >= 0.6 is 0 Å². The lowest BCUT2D eigenvalue weighted by atomic mass is 10.1. The Balaban J connectivity index is 2.51. The Morgan fingerprint density at radius 3 is 2.59 bits per heavy atom. The number of aryl methyl sites for hydroxylation is 1. The van der Waals surface area contributed by atoms with Gasteiger partial charge in [-0.25, -0.2) is 9.48 Å². The topological polar surface area (TPSA) is 44.1 Å². The molecule has 1 heterocycles. The molecule has 0 aliphatic carbocycles. The third-order valence-electron chi connectivity index (χ3n) is 3.19. The predicted molar refractivity (Wildman–Crippen MR) is 74.0 cm³/mol. The molecule has 0 radical (unpaired) electrons. The van der Waals surface area contributed by atoms with Gasteiger partial charge in [0.05, 0.1) is 29.2 Å². The molecule has 0 N–H and O–H groups in total. The van der Waals surface area contributed by atoms with Crippen LogP contribution in [0.3, 0.4) is 0 Å². The summed E-state index contributed by atoms with van der Waals surface area (Å²) >= 11 is 0. The van der Waals surface area contributed by atoms with Crippen LogP contribution < -0.4 is 0 Å². The molecule has 0 saturated heterocycles. The van der Waals surface area contributed by atoms with Gasteiger partial charge in [0.15, 0.2) is 0 Å². The maximum atomic E-state index is 12.8. The average Bonchev–Trinajstić information content (AvgIpc) is 2.73. The van der Waals surface area contributed by atoms with Crippen molar-refractivity contribution in [1.82, 2.24) is 9.78 Å². The van der Waals surface area contributed by atoms with Gasteiger partial charge < -0.3 is 4.74 Å². The highest BCUT2D eigenvalue weighted by Crippen LogP contribution is 2.30. The van der Waals surface area contributed by atoms with E-state index in [0.29, 0.717) is 11.4 Å². The molecular weight excluding hydrogens is 297 g/mol. The fourth-order valence-corrected chi connectivity index (χ4v) is 2.21. The second-order valence-corrected chi connectivity index (χ2v) is 4.73. The summed E-state index contributed by atoms with van der Waals surface area (Å²) in [6.45, 7) is 5.13. The summed E-state index contributed by atoms with van der Waals surface area (Å²) in [7, 11) is 0. The van der Waals surface area contributed by atoms with Crippen LogP contribution in [0.15, 0.2) is 24.3 Å². The number of rotatable bonds is 3. The van der Waals surface area contributed by atoms with E-state index in [-0.39, 0.29) is 17.9 Å². The van der Waals surface area contributed by atoms with Crippen LogP contribution in [0.4, 0.5) is 13.2 Å². The highest BCUT2D eigenvalue weighted by Gasteiger charge is 2.31. The molecule has 0 aliphatic rings. The number of aromatic nitrogens is 2. The SMILES string of the molecule is CCOC(=O)c1c(C)nn(-c2cccc(C(F)(F)F)c2)c1C. The van der Waals surface area contributed by atoms with Gasteiger partial charge in [0.1, 0.15) is 5.56 Å². The Hall–Kier alpha value is -2.31. The Morgan fingerprint density at radius 2 is 2.00 bits per heavy atom. The van der Waals surface area contributed by atoms with Crippen molar-refractivity contribution in [3.63, 3.8) is 0 Å². The lowest BCUT2D eigenvalue weighted by Crippen LogP contribution is -2.09. The number of hydrogen-bond donors (Lipinski definition) is 0. The van der Waals surface area contributed by atoms with Gasteiger partial charge in [0, 0.05) is 0 Å².